The topological polar surface area (TPSA) is 43.9 Å². The van der Waals surface area contributed by atoms with Crippen LogP contribution in [0.4, 0.5) is 0 Å². The average molecular weight is 321 g/mol. The summed E-state index contributed by atoms with van der Waals surface area (Å²) in [6.45, 7) is 5.86. The van der Waals surface area contributed by atoms with E-state index in [1.165, 1.54) is 4.88 Å². The van der Waals surface area contributed by atoms with Crippen molar-refractivity contribution in [3.8, 4) is 0 Å². The number of rotatable bonds is 3. The van der Waals surface area contributed by atoms with Crippen molar-refractivity contribution in [2.24, 2.45) is 0 Å². The van der Waals surface area contributed by atoms with Gasteiger partial charge in [-0.3, -0.25) is 14.5 Å². The summed E-state index contributed by atoms with van der Waals surface area (Å²) < 4.78 is 0. The van der Waals surface area contributed by atoms with Gasteiger partial charge < -0.3 is 9.80 Å². The Morgan fingerprint density at radius 3 is 2.86 bits per heavy atom. The summed E-state index contributed by atoms with van der Waals surface area (Å²) >= 11 is 1.66. The van der Waals surface area contributed by atoms with Gasteiger partial charge in [-0.1, -0.05) is 13.3 Å². The van der Waals surface area contributed by atoms with Crippen molar-refractivity contribution in [3.05, 3.63) is 21.9 Å². The van der Waals surface area contributed by atoms with Crippen LogP contribution in [0.2, 0.25) is 0 Å². The molecule has 0 radical (unpaired) electrons. The Hall–Kier alpha value is -1.40. The number of fused-ring (bicyclic) bond motifs is 1. The van der Waals surface area contributed by atoms with E-state index in [-0.39, 0.29) is 17.9 Å². The molecule has 0 spiro atoms. The molecule has 5 nitrogen and oxygen atoms in total. The Labute approximate surface area is 135 Å². The largest absolute Gasteiger partial charge is 0.343 e. The Morgan fingerprint density at radius 1 is 1.32 bits per heavy atom. The molecule has 2 amide bonds. The van der Waals surface area contributed by atoms with Crippen LogP contribution < -0.4 is 0 Å². The molecule has 3 rings (SSSR count). The maximum atomic E-state index is 12.7. The summed E-state index contributed by atoms with van der Waals surface area (Å²) in [6.07, 6.45) is 2.12. The first-order valence-corrected chi connectivity index (χ1v) is 8.84. The van der Waals surface area contributed by atoms with Crippen LogP contribution in [-0.2, 0) is 11.2 Å². The van der Waals surface area contributed by atoms with Gasteiger partial charge in [0.2, 0.25) is 5.91 Å². The van der Waals surface area contributed by atoms with Gasteiger partial charge in [0.25, 0.3) is 5.91 Å². The van der Waals surface area contributed by atoms with Gasteiger partial charge in [-0.2, -0.15) is 0 Å². The smallest absolute Gasteiger partial charge is 0.254 e. The van der Waals surface area contributed by atoms with Crippen LogP contribution in [0.15, 0.2) is 11.4 Å². The number of carbonyl (C=O) groups excluding carboxylic acids is 2. The molecule has 0 unspecified atom stereocenters. The van der Waals surface area contributed by atoms with Gasteiger partial charge in [0.1, 0.15) is 6.04 Å². The lowest BCUT2D eigenvalue weighted by atomic mass is 10.1. The first kappa shape index (κ1) is 15.5. The Kier molecular flexibility index (Phi) is 4.49. The molecular weight excluding hydrogens is 298 g/mol. The molecule has 120 valence electrons. The van der Waals surface area contributed by atoms with Crippen LogP contribution in [0, 0.1) is 0 Å². The predicted molar refractivity (Wildman–Crippen MR) is 87.2 cm³/mol. The normalized spacial score (nSPS) is 22.8. The van der Waals surface area contributed by atoms with Crippen LogP contribution in [-0.4, -0.2) is 72.3 Å². The molecule has 0 N–H and O–H groups in total. The molecule has 3 heterocycles. The van der Waals surface area contributed by atoms with Crippen molar-refractivity contribution in [1.29, 1.82) is 0 Å². The van der Waals surface area contributed by atoms with Gasteiger partial charge in [0, 0.05) is 50.0 Å². The fraction of sp³-hybridized carbons (Fsp3) is 0.625. The van der Waals surface area contributed by atoms with Gasteiger partial charge in [0.05, 0.1) is 5.56 Å². The quantitative estimate of drug-likeness (QED) is 0.843. The minimum absolute atomic E-state index is 0.0688. The second-order valence-electron chi connectivity index (χ2n) is 6.11. The highest BCUT2D eigenvalue weighted by Crippen LogP contribution is 2.21. The van der Waals surface area contributed by atoms with Gasteiger partial charge in [-0.15, -0.1) is 11.3 Å². The fourth-order valence-corrected chi connectivity index (χ4v) is 4.17. The highest BCUT2D eigenvalue weighted by atomic mass is 32.1. The van der Waals surface area contributed by atoms with Crippen LogP contribution in [0.25, 0.3) is 0 Å². The fourth-order valence-electron chi connectivity index (χ4n) is 3.20. The van der Waals surface area contributed by atoms with Gasteiger partial charge in [-0.05, 0) is 12.5 Å². The average Bonchev–Trinajstić information content (AvgIpc) is 2.99. The molecule has 6 heteroatoms. The zero-order valence-electron chi connectivity index (χ0n) is 13.2. The molecule has 0 aliphatic carbocycles. The number of hydrogen-bond acceptors (Lipinski definition) is 4. The lowest BCUT2D eigenvalue weighted by Crippen LogP contribution is -2.64. The third-order valence-corrected chi connectivity index (χ3v) is 5.56. The lowest BCUT2D eigenvalue weighted by Gasteiger charge is -2.45. The van der Waals surface area contributed by atoms with Crippen LogP contribution in [0.5, 0.6) is 0 Å². The zero-order chi connectivity index (χ0) is 15.7. The summed E-state index contributed by atoms with van der Waals surface area (Å²) in [6, 6.07) is 1.85. The first-order chi connectivity index (χ1) is 10.6. The van der Waals surface area contributed by atoms with Gasteiger partial charge in [0.15, 0.2) is 0 Å². The van der Waals surface area contributed by atoms with Crippen molar-refractivity contribution in [3.63, 3.8) is 0 Å². The van der Waals surface area contributed by atoms with Gasteiger partial charge >= 0.3 is 0 Å². The molecular formula is C16H23N3O2S. The van der Waals surface area contributed by atoms with Gasteiger partial charge in [-0.25, -0.2) is 0 Å². The highest BCUT2D eigenvalue weighted by Gasteiger charge is 2.38. The Bertz CT molecular complexity index is 571. The van der Waals surface area contributed by atoms with Crippen LogP contribution >= 0.6 is 11.3 Å². The molecule has 0 bridgehead atoms. The monoisotopic (exact) mass is 321 g/mol. The Morgan fingerprint density at radius 2 is 2.09 bits per heavy atom. The van der Waals surface area contributed by atoms with Crippen LogP contribution in [0.3, 0.4) is 0 Å². The summed E-state index contributed by atoms with van der Waals surface area (Å²) in [4.78, 5) is 32.1. The molecule has 2 aliphatic heterocycles. The molecule has 2 fully saturated rings. The van der Waals surface area contributed by atoms with E-state index in [2.05, 4.69) is 11.8 Å². The van der Waals surface area contributed by atoms with E-state index in [0.29, 0.717) is 13.1 Å². The zero-order valence-corrected chi connectivity index (χ0v) is 14.1. The SMILES string of the molecule is CCCc1cc(C(=O)N2CCN3CCN(C)C(=O)[C@H]3C2)cs1. The van der Waals surface area contributed by atoms with Crippen molar-refractivity contribution in [1.82, 2.24) is 14.7 Å². The molecule has 1 aromatic rings. The highest BCUT2D eigenvalue weighted by molar-refractivity contribution is 7.10. The number of hydrogen-bond donors (Lipinski definition) is 0. The van der Waals surface area contributed by atoms with Crippen molar-refractivity contribution in [2.75, 3.05) is 39.8 Å². The number of amides is 2. The van der Waals surface area contributed by atoms with E-state index >= 15 is 0 Å². The molecule has 2 aliphatic rings. The molecule has 0 aromatic carbocycles. The van der Waals surface area contributed by atoms with E-state index in [0.717, 1.165) is 38.0 Å². The molecule has 1 aromatic heterocycles. The summed E-state index contributed by atoms with van der Waals surface area (Å²) in [5.74, 6) is 0.208. The van der Waals surface area contributed by atoms with E-state index in [1.807, 2.05) is 23.4 Å². The molecule has 1 atom stereocenters. The van der Waals surface area contributed by atoms with Crippen LogP contribution in [0.1, 0.15) is 28.6 Å². The first-order valence-electron chi connectivity index (χ1n) is 7.96. The lowest BCUT2D eigenvalue weighted by molar-refractivity contribution is -0.142. The number of carbonyl (C=O) groups is 2. The third kappa shape index (κ3) is 2.90. The minimum Gasteiger partial charge on any atom is -0.343 e. The maximum Gasteiger partial charge on any atom is 0.254 e. The number of aryl methyl sites for hydroxylation is 1. The second kappa shape index (κ2) is 6.38. The number of likely N-dealkylation sites (N-methyl/N-ethyl adjacent to an activating group) is 1. The van der Waals surface area contributed by atoms with Crippen molar-refractivity contribution < 1.29 is 9.59 Å². The molecule has 22 heavy (non-hydrogen) atoms. The van der Waals surface area contributed by atoms with E-state index in [9.17, 15) is 9.59 Å². The van der Waals surface area contributed by atoms with E-state index in [1.54, 1.807) is 16.2 Å². The standard InChI is InChI=1S/C16H23N3O2S/c1-3-4-13-9-12(11-22-13)15(20)19-8-7-18-6-5-17(2)16(21)14(18)10-19/h9,11,14H,3-8,10H2,1-2H3/t14-/m1/s1. The minimum atomic E-state index is -0.162. The Balaban J connectivity index is 1.69. The second-order valence-corrected chi connectivity index (χ2v) is 7.11. The number of piperazine rings is 2. The van der Waals surface area contributed by atoms with Crippen molar-refractivity contribution >= 4 is 23.2 Å². The van der Waals surface area contributed by atoms with E-state index < -0.39 is 0 Å². The summed E-state index contributed by atoms with van der Waals surface area (Å²) in [5.41, 5.74) is 0.776. The maximum absolute atomic E-state index is 12.7. The predicted octanol–water partition coefficient (Wildman–Crippen LogP) is 1.30. The van der Waals surface area contributed by atoms with Crippen molar-refractivity contribution in [2.45, 2.75) is 25.8 Å². The van der Waals surface area contributed by atoms with E-state index in [4.69, 9.17) is 0 Å². The number of nitrogens with zero attached hydrogens (tertiary/aromatic N) is 3. The molecule has 2 saturated heterocycles. The third-order valence-electron chi connectivity index (χ3n) is 4.56. The number of thiophene rings is 1. The molecule has 0 saturated carbocycles. The summed E-state index contributed by atoms with van der Waals surface area (Å²) in [7, 11) is 1.84. The summed E-state index contributed by atoms with van der Waals surface area (Å²) in [5, 5.41) is 1.95.